The largest absolute Gasteiger partial charge is 0.381 e. The minimum atomic E-state index is 0.749. The first-order valence-corrected chi connectivity index (χ1v) is 4.69. The van der Waals surface area contributed by atoms with Crippen molar-refractivity contribution in [3.63, 3.8) is 0 Å². The Bertz CT molecular complexity index is 380. The Morgan fingerprint density at radius 3 is 2.71 bits per heavy atom. The van der Waals surface area contributed by atoms with Gasteiger partial charge in [0.15, 0.2) is 0 Å². The number of hydrogen-bond acceptors (Lipinski definition) is 2. The van der Waals surface area contributed by atoms with Crippen molar-refractivity contribution in [3.05, 3.63) is 47.2 Å². The average Bonchev–Trinajstić information content (AvgIpc) is 2.70. The number of aromatic amines is 1. The maximum absolute atomic E-state index is 5.77. The molecule has 1 aromatic heterocycles. The average molecular weight is 208 g/mol. The SMILES string of the molecule is Clc1ccc(NCc2cn[nH]c2)cc1. The summed E-state index contributed by atoms with van der Waals surface area (Å²) >= 11 is 5.77. The fourth-order valence-corrected chi connectivity index (χ4v) is 1.27. The Hall–Kier alpha value is -1.48. The first kappa shape index (κ1) is 9.09. The highest BCUT2D eigenvalue weighted by atomic mass is 35.5. The van der Waals surface area contributed by atoms with Gasteiger partial charge in [-0.15, -0.1) is 0 Å². The molecule has 0 fully saturated rings. The molecule has 2 rings (SSSR count). The Morgan fingerprint density at radius 2 is 2.07 bits per heavy atom. The third-order valence-electron chi connectivity index (χ3n) is 1.90. The topological polar surface area (TPSA) is 40.7 Å². The maximum Gasteiger partial charge on any atom is 0.0537 e. The van der Waals surface area contributed by atoms with Gasteiger partial charge >= 0.3 is 0 Å². The molecule has 1 heterocycles. The van der Waals surface area contributed by atoms with Crippen molar-refractivity contribution in [2.75, 3.05) is 5.32 Å². The van der Waals surface area contributed by atoms with E-state index in [1.165, 1.54) is 0 Å². The van der Waals surface area contributed by atoms with E-state index in [2.05, 4.69) is 15.5 Å². The molecule has 0 aliphatic rings. The van der Waals surface area contributed by atoms with E-state index in [4.69, 9.17) is 11.6 Å². The van der Waals surface area contributed by atoms with Gasteiger partial charge in [0.2, 0.25) is 0 Å². The van der Waals surface area contributed by atoms with Crippen LogP contribution in [-0.2, 0) is 6.54 Å². The normalized spacial score (nSPS) is 10.1. The van der Waals surface area contributed by atoms with Crippen LogP contribution in [0.2, 0.25) is 5.02 Å². The molecular weight excluding hydrogens is 198 g/mol. The molecule has 3 nitrogen and oxygen atoms in total. The lowest BCUT2D eigenvalue weighted by Gasteiger charge is -2.03. The Kier molecular flexibility index (Phi) is 2.70. The van der Waals surface area contributed by atoms with Crippen LogP contribution in [0.25, 0.3) is 0 Å². The van der Waals surface area contributed by atoms with Crippen molar-refractivity contribution in [2.45, 2.75) is 6.54 Å². The summed E-state index contributed by atoms with van der Waals surface area (Å²) in [4.78, 5) is 0. The summed E-state index contributed by atoms with van der Waals surface area (Å²) in [5, 5.41) is 10.6. The molecule has 4 heteroatoms. The summed E-state index contributed by atoms with van der Waals surface area (Å²) in [5.74, 6) is 0. The molecule has 0 saturated heterocycles. The summed E-state index contributed by atoms with van der Waals surface area (Å²) in [6, 6.07) is 7.61. The summed E-state index contributed by atoms with van der Waals surface area (Å²) in [6.07, 6.45) is 3.66. The van der Waals surface area contributed by atoms with Crippen LogP contribution in [0.1, 0.15) is 5.56 Å². The number of nitrogens with zero attached hydrogens (tertiary/aromatic N) is 1. The van der Waals surface area contributed by atoms with Crippen molar-refractivity contribution in [1.29, 1.82) is 0 Å². The second-order valence-electron chi connectivity index (χ2n) is 2.97. The molecule has 2 aromatic rings. The van der Waals surface area contributed by atoms with Crippen LogP contribution in [-0.4, -0.2) is 10.2 Å². The number of anilines is 1. The summed E-state index contributed by atoms with van der Waals surface area (Å²) < 4.78 is 0. The van der Waals surface area contributed by atoms with Crippen LogP contribution in [0, 0.1) is 0 Å². The number of H-pyrrole nitrogens is 1. The Balaban J connectivity index is 1.95. The predicted molar refractivity (Wildman–Crippen MR) is 57.4 cm³/mol. The van der Waals surface area contributed by atoms with E-state index in [-0.39, 0.29) is 0 Å². The van der Waals surface area contributed by atoms with Gasteiger partial charge in [-0.3, -0.25) is 5.10 Å². The number of halogens is 1. The standard InChI is InChI=1S/C10H10ClN3/c11-9-1-3-10(4-2-9)12-5-8-6-13-14-7-8/h1-4,6-7,12H,5H2,(H,13,14). The van der Waals surface area contributed by atoms with Crippen molar-refractivity contribution in [2.24, 2.45) is 0 Å². The first-order chi connectivity index (χ1) is 6.84. The predicted octanol–water partition coefficient (Wildman–Crippen LogP) is 2.68. The molecule has 0 amide bonds. The molecular formula is C10H10ClN3. The van der Waals surface area contributed by atoms with Crippen LogP contribution in [0.5, 0.6) is 0 Å². The van der Waals surface area contributed by atoms with Gasteiger partial charge in [-0.2, -0.15) is 5.10 Å². The van der Waals surface area contributed by atoms with Gasteiger partial charge in [0.25, 0.3) is 0 Å². The van der Waals surface area contributed by atoms with E-state index < -0.39 is 0 Å². The van der Waals surface area contributed by atoms with Gasteiger partial charge in [-0.1, -0.05) is 11.6 Å². The van der Waals surface area contributed by atoms with Gasteiger partial charge in [0.1, 0.15) is 0 Å². The minimum absolute atomic E-state index is 0.749. The number of rotatable bonds is 3. The van der Waals surface area contributed by atoms with Gasteiger partial charge < -0.3 is 5.32 Å². The van der Waals surface area contributed by atoms with Gasteiger partial charge in [0, 0.05) is 29.0 Å². The van der Waals surface area contributed by atoms with Crippen molar-refractivity contribution in [1.82, 2.24) is 10.2 Å². The van der Waals surface area contributed by atoms with E-state index in [9.17, 15) is 0 Å². The summed E-state index contributed by atoms with van der Waals surface area (Å²) in [5.41, 5.74) is 2.18. The minimum Gasteiger partial charge on any atom is -0.381 e. The molecule has 14 heavy (non-hydrogen) atoms. The molecule has 1 aromatic carbocycles. The summed E-state index contributed by atoms with van der Waals surface area (Å²) in [7, 11) is 0. The van der Waals surface area contributed by atoms with Crippen molar-refractivity contribution in [3.8, 4) is 0 Å². The monoisotopic (exact) mass is 207 g/mol. The first-order valence-electron chi connectivity index (χ1n) is 4.32. The van der Waals surface area contributed by atoms with Crippen LogP contribution in [0.4, 0.5) is 5.69 Å². The van der Waals surface area contributed by atoms with E-state index in [1.54, 1.807) is 6.20 Å². The zero-order chi connectivity index (χ0) is 9.80. The number of aromatic nitrogens is 2. The molecule has 0 spiro atoms. The molecule has 2 N–H and O–H groups in total. The molecule has 0 atom stereocenters. The van der Waals surface area contributed by atoms with Crippen molar-refractivity contribution < 1.29 is 0 Å². The smallest absolute Gasteiger partial charge is 0.0537 e. The summed E-state index contributed by atoms with van der Waals surface area (Å²) in [6.45, 7) is 0.762. The quantitative estimate of drug-likeness (QED) is 0.813. The Morgan fingerprint density at radius 1 is 1.29 bits per heavy atom. The molecule has 0 aliphatic heterocycles. The third-order valence-corrected chi connectivity index (χ3v) is 2.15. The second kappa shape index (κ2) is 4.15. The maximum atomic E-state index is 5.77. The van der Waals surface area contributed by atoms with Crippen LogP contribution in [0.3, 0.4) is 0 Å². The zero-order valence-electron chi connectivity index (χ0n) is 7.50. The second-order valence-corrected chi connectivity index (χ2v) is 3.40. The van der Waals surface area contributed by atoms with Gasteiger partial charge in [0.05, 0.1) is 6.20 Å². The number of benzene rings is 1. The third kappa shape index (κ3) is 2.26. The van der Waals surface area contributed by atoms with Crippen molar-refractivity contribution >= 4 is 17.3 Å². The molecule has 0 aliphatic carbocycles. The van der Waals surface area contributed by atoms with E-state index in [0.717, 1.165) is 22.8 Å². The fourth-order valence-electron chi connectivity index (χ4n) is 1.15. The zero-order valence-corrected chi connectivity index (χ0v) is 8.25. The number of hydrogen-bond donors (Lipinski definition) is 2. The van der Waals surface area contributed by atoms with E-state index in [1.807, 2.05) is 30.5 Å². The highest BCUT2D eigenvalue weighted by Crippen LogP contribution is 2.13. The highest BCUT2D eigenvalue weighted by molar-refractivity contribution is 6.30. The fraction of sp³-hybridized carbons (Fsp3) is 0.100. The van der Waals surface area contributed by atoms with E-state index in [0.29, 0.717) is 0 Å². The van der Waals surface area contributed by atoms with Crippen LogP contribution < -0.4 is 5.32 Å². The Labute approximate surface area is 87.1 Å². The molecule has 0 saturated carbocycles. The molecule has 0 unspecified atom stereocenters. The highest BCUT2D eigenvalue weighted by Gasteiger charge is 1.94. The van der Waals surface area contributed by atoms with E-state index >= 15 is 0 Å². The lowest BCUT2D eigenvalue weighted by Crippen LogP contribution is -1.97. The number of nitrogens with one attached hydrogen (secondary N) is 2. The van der Waals surface area contributed by atoms with Gasteiger partial charge in [-0.25, -0.2) is 0 Å². The lowest BCUT2D eigenvalue weighted by molar-refractivity contribution is 1.09. The van der Waals surface area contributed by atoms with Crippen LogP contribution in [0.15, 0.2) is 36.7 Å². The molecule has 0 bridgehead atoms. The lowest BCUT2D eigenvalue weighted by atomic mass is 10.3. The molecule has 0 radical (unpaired) electrons. The molecule has 72 valence electrons. The van der Waals surface area contributed by atoms with Crippen LogP contribution >= 0.6 is 11.6 Å². The van der Waals surface area contributed by atoms with Gasteiger partial charge in [-0.05, 0) is 24.3 Å².